The van der Waals surface area contributed by atoms with Crippen molar-refractivity contribution in [1.82, 2.24) is 4.90 Å². The minimum atomic E-state index is -0.190. The summed E-state index contributed by atoms with van der Waals surface area (Å²) in [5.74, 6) is 12.6. The highest BCUT2D eigenvalue weighted by Gasteiger charge is 2.12. The molecule has 0 atom stereocenters. The van der Waals surface area contributed by atoms with Gasteiger partial charge in [-0.1, -0.05) is 141 Å². The summed E-state index contributed by atoms with van der Waals surface area (Å²) in [7, 11) is 0. The van der Waals surface area contributed by atoms with Crippen LogP contribution in [0.5, 0.6) is 0 Å². The number of rotatable bonds is 30. The highest BCUT2D eigenvalue weighted by atomic mass is 16.2. The normalized spacial score (nSPS) is 10.5. The Morgan fingerprint density at radius 1 is 0.476 bits per heavy atom. The zero-order valence-electron chi connectivity index (χ0n) is 28.1. The van der Waals surface area contributed by atoms with E-state index in [0.29, 0.717) is 12.3 Å². The van der Waals surface area contributed by atoms with Gasteiger partial charge in [0.15, 0.2) is 0 Å². The van der Waals surface area contributed by atoms with Crippen LogP contribution < -0.4 is 5.73 Å². The molecule has 0 radical (unpaired) electrons. The lowest BCUT2D eigenvalue weighted by molar-refractivity contribution is -0.131. The molecule has 0 fully saturated rings. The first kappa shape index (κ1) is 40.1. The third-order valence-electron chi connectivity index (χ3n) is 8.07. The second kappa shape index (κ2) is 33.6. The lowest BCUT2D eigenvalue weighted by atomic mass is 10.1. The Morgan fingerprint density at radius 2 is 0.833 bits per heavy atom. The van der Waals surface area contributed by atoms with E-state index in [1.54, 1.807) is 0 Å². The summed E-state index contributed by atoms with van der Waals surface area (Å²) < 4.78 is 0. The van der Waals surface area contributed by atoms with Gasteiger partial charge in [-0.3, -0.25) is 9.59 Å². The van der Waals surface area contributed by atoms with Gasteiger partial charge in [0.05, 0.1) is 0 Å². The number of carbonyl (C=O) groups excluding carboxylic acids is 2. The van der Waals surface area contributed by atoms with Crippen LogP contribution in [0.3, 0.4) is 0 Å². The Labute approximate surface area is 262 Å². The molecule has 242 valence electrons. The van der Waals surface area contributed by atoms with Gasteiger partial charge in [-0.2, -0.15) is 0 Å². The van der Waals surface area contributed by atoms with Crippen LogP contribution in [-0.2, 0) is 9.59 Å². The number of amides is 2. The molecule has 0 aliphatic heterocycles. The molecule has 4 heteroatoms. The fraction of sp³-hybridized carbons (Fsp3) is 0.842. The molecule has 0 aromatic carbocycles. The number of nitrogens with zero attached hydrogens (tertiary/aromatic N) is 1. The average Bonchev–Trinajstić information content (AvgIpc) is 2.98. The largest absolute Gasteiger partial charge is 0.370 e. The molecule has 0 aliphatic rings. The van der Waals surface area contributed by atoms with Crippen LogP contribution in [0.15, 0.2) is 0 Å². The van der Waals surface area contributed by atoms with Crippen molar-refractivity contribution in [3.63, 3.8) is 0 Å². The first-order chi connectivity index (χ1) is 20.6. The summed E-state index contributed by atoms with van der Waals surface area (Å²) in [5.41, 5.74) is 5.15. The topological polar surface area (TPSA) is 63.4 Å². The highest BCUT2D eigenvalue weighted by Crippen LogP contribution is 2.13. The van der Waals surface area contributed by atoms with Crippen molar-refractivity contribution in [2.75, 3.05) is 13.1 Å². The van der Waals surface area contributed by atoms with Crippen molar-refractivity contribution in [2.24, 2.45) is 5.73 Å². The molecule has 2 N–H and O–H groups in total. The molecule has 0 spiro atoms. The first-order valence-electron chi connectivity index (χ1n) is 18.1. The fourth-order valence-corrected chi connectivity index (χ4v) is 5.32. The number of carbonyl (C=O) groups is 2. The molecule has 0 bridgehead atoms. The summed E-state index contributed by atoms with van der Waals surface area (Å²) in [6.45, 7) is 6.46. The Bertz CT molecular complexity index is 724. The van der Waals surface area contributed by atoms with Crippen LogP contribution in [-0.4, -0.2) is 29.8 Å². The van der Waals surface area contributed by atoms with Crippen molar-refractivity contribution in [3.8, 4) is 23.7 Å². The predicted octanol–water partition coefficient (Wildman–Crippen LogP) is 10.3. The number of unbranched alkanes of at least 4 members (excludes halogenated alkanes) is 22. The molecule has 0 heterocycles. The highest BCUT2D eigenvalue weighted by molar-refractivity contribution is 5.76. The van der Waals surface area contributed by atoms with E-state index < -0.39 is 0 Å². The van der Waals surface area contributed by atoms with Gasteiger partial charge < -0.3 is 10.6 Å². The minimum absolute atomic E-state index is 0.190. The quantitative estimate of drug-likeness (QED) is 0.0674. The van der Waals surface area contributed by atoms with Gasteiger partial charge in [0, 0.05) is 38.8 Å². The molecule has 0 aromatic rings. The van der Waals surface area contributed by atoms with E-state index in [0.717, 1.165) is 70.9 Å². The van der Waals surface area contributed by atoms with E-state index in [1.165, 1.54) is 116 Å². The Morgan fingerprint density at radius 3 is 1.26 bits per heavy atom. The van der Waals surface area contributed by atoms with Gasteiger partial charge in [0.2, 0.25) is 11.8 Å². The Kier molecular flexibility index (Phi) is 32.0. The van der Waals surface area contributed by atoms with E-state index >= 15 is 0 Å². The molecule has 0 aromatic heterocycles. The number of hydrogen-bond donors (Lipinski definition) is 1. The van der Waals surface area contributed by atoms with Gasteiger partial charge in [0.1, 0.15) is 0 Å². The van der Waals surface area contributed by atoms with Gasteiger partial charge in [-0.15, -0.1) is 0 Å². The van der Waals surface area contributed by atoms with Crippen molar-refractivity contribution >= 4 is 11.8 Å². The molecular formula is C38H68N2O2. The van der Waals surface area contributed by atoms with E-state index in [1.807, 2.05) is 0 Å². The van der Waals surface area contributed by atoms with Gasteiger partial charge in [-0.05, 0) is 50.4 Å². The van der Waals surface area contributed by atoms with Crippen molar-refractivity contribution in [1.29, 1.82) is 0 Å². The summed E-state index contributed by atoms with van der Waals surface area (Å²) in [5, 5.41) is 0. The molecule has 0 aliphatic carbocycles. The Balaban J connectivity index is 3.85. The van der Waals surface area contributed by atoms with E-state index in [4.69, 9.17) is 5.73 Å². The maximum atomic E-state index is 13.0. The molecule has 0 saturated heterocycles. The molecule has 2 amide bonds. The van der Waals surface area contributed by atoms with Gasteiger partial charge in [0.25, 0.3) is 0 Å². The SMILES string of the molecule is CCCCCCCCN(CCCCCCCC)C(=O)CCCCCCCCC#CC#CCCCCCCCCC(N)=O. The van der Waals surface area contributed by atoms with Gasteiger partial charge >= 0.3 is 0 Å². The maximum absolute atomic E-state index is 13.0. The molecule has 0 unspecified atom stereocenters. The second-order valence-electron chi connectivity index (χ2n) is 12.2. The third kappa shape index (κ3) is 31.0. The van der Waals surface area contributed by atoms with E-state index in [-0.39, 0.29) is 5.91 Å². The van der Waals surface area contributed by atoms with Crippen molar-refractivity contribution in [2.45, 2.75) is 194 Å². The lowest BCUT2D eigenvalue weighted by Crippen LogP contribution is -2.32. The number of nitrogens with two attached hydrogens (primary N) is 1. The standard InChI is InChI=1S/C38H68N2O2/c1-3-5-7-9-27-31-35-40(36-32-28-10-8-6-4-2)38(42)34-30-26-24-22-20-18-16-14-12-11-13-15-17-19-21-23-25-29-33-37(39)41/h3-10,15-36H2,1-2H3,(H2,39,41). The minimum Gasteiger partial charge on any atom is -0.370 e. The predicted molar refractivity (Wildman–Crippen MR) is 182 cm³/mol. The monoisotopic (exact) mass is 585 g/mol. The zero-order chi connectivity index (χ0) is 30.8. The molecule has 0 saturated carbocycles. The van der Waals surface area contributed by atoms with Crippen LogP contribution in [0.25, 0.3) is 0 Å². The summed E-state index contributed by atoms with van der Waals surface area (Å²) >= 11 is 0. The van der Waals surface area contributed by atoms with Crippen LogP contribution in [0, 0.1) is 23.7 Å². The van der Waals surface area contributed by atoms with Crippen LogP contribution in [0.1, 0.15) is 194 Å². The fourth-order valence-electron chi connectivity index (χ4n) is 5.32. The summed E-state index contributed by atoms with van der Waals surface area (Å²) in [4.78, 5) is 25.9. The molecule has 0 rings (SSSR count). The molecule has 42 heavy (non-hydrogen) atoms. The van der Waals surface area contributed by atoms with Crippen molar-refractivity contribution in [3.05, 3.63) is 0 Å². The molecule has 4 nitrogen and oxygen atoms in total. The van der Waals surface area contributed by atoms with Crippen LogP contribution in [0.4, 0.5) is 0 Å². The van der Waals surface area contributed by atoms with Crippen molar-refractivity contribution < 1.29 is 9.59 Å². The maximum Gasteiger partial charge on any atom is 0.222 e. The zero-order valence-corrected chi connectivity index (χ0v) is 28.1. The number of primary amides is 1. The van der Waals surface area contributed by atoms with E-state index in [9.17, 15) is 9.59 Å². The smallest absolute Gasteiger partial charge is 0.222 e. The van der Waals surface area contributed by atoms with Crippen LogP contribution in [0.2, 0.25) is 0 Å². The third-order valence-corrected chi connectivity index (χ3v) is 8.07. The first-order valence-corrected chi connectivity index (χ1v) is 18.1. The molecular weight excluding hydrogens is 516 g/mol. The summed E-state index contributed by atoms with van der Waals surface area (Å²) in [6, 6.07) is 0. The van der Waals surface area contributed by atoms with Crippen LogP contribution >= 0.6 is 0 Å². The lowest BCUT2D eigenvalue weighted by Gasteiger charge is -2.23. The van der Waals surface area contributed by atoms with Gasteiger partial charge in [-0.25, -0.2) is 0 Å². The number of hydrogen-bond acceptors (Lipinski definition) is 2. The second-order valence-corrected chi connectivity index (χ2v) is 12.2. The Hall–Kier alpha value is -1.94. The van der Waals surface area contributed by atoms with E-state index in [2.05, 4.69) is 42.4 Å². The summed E-state index contributed by atoms with van der Waals surface area (Å²) in [6.07, 6.45) is 32.3. The average molecular weight is 585 g/mol.